The Bertz CT molecular complexity index is 676. The monoisotopic (exact) mass is 318 g/mol. The van der Waals surface area contributed by atoms with Crippen LogP contribution in [0.25, 0.3) is 0 Å². The maximum atomic E-state index is 11.9. The molecule has 0 atom stereocenters. The average Bonchev–Trinajstić information content (AvgIpc) is 2.90. The summed E-state index contributed by atoms with van der Waals surface area (Å²) in [5, 5.41) is 6.07. The Labute approximate surface area is 133 Å². The summed E-state index contributed by atoms with van der Waals surface area (Å²) in [6.45, 7) is 5.14. The molecule has 0 fully saturated rings. The number of hydrogen-bond donors (Lipinski definition) is 1. The molecule has 1 N–H and O–H groups in total. The Balaban J connectivity index is 1.83. The van der Waals surface area contributed by atoms with E-state index in [0.29, 0.717) is 17.0 Å². The highest BCUT2D eigenvalue weighted by atomic mass is 16.5. The molecular formula is C16H18N2O5. The van der Waals surface area contributed by atoms with Gasteiger partial charge in [0.05, 0.1) is 17.4 Å². The van der Waals surface area contributed by atoms with Crippen molar-refractivity contribution in [3.05, 3.63) is 41.6 Å². The average molecular weight is 318 g/mol. The molecule has 0 radical (unpaired) electrons. The summed E-state index contributed by atoms with van der Waals surface area (Å²) in [5.41, 5.74) is 0.977. The normalized spacial score (nSPS) is 10.4. The molecule has 0 spiro atoms. The van der Waals surface area contributed by atoms with Crippen molar-refractivity contribution in [3.8, 4) is 5.75 Å². The van der Waals surface area contributed by atoms with E-state index in [1.807, 2.05) is 13.8 Å². The fourth-order valence-electron chi connectivity index (χ4n) is 1.75. The van der Waals surface area contributed by atoms with Crippen LogP contribution in [-0.2, 0) is 9.53 Å². The smallest absolute Gasteiger partial charge is 0.338 e. The number of rotatable bonds is 6. The van der Waals surface area contributed by atoms with Crippen LogP contribution in [0.15, 0.2) is 34.9 Å². The standard InChI is InChI=1S/C16H18N2O5/c1-10(2)22-13-6-4-12(5-7-13)16(20)21-9-14(19)17-15-8-11(3)18-23-15/h4-8,10H,9H2,1-3H3,(H,17,19). The molecule has 0 bridgehead atoms. The van der Waals surface area contributed by atoms with E-state index in [-0.39, 0.29) is 12.0 Å². The molecule has 7 nitrogen and oxygen atoms in total. The second-order valence-corrected chi connectivity index (χ2v) is 5.15. The summed E-state index contributed by atoms with van der Waals surface area (Å²) in [6, 6.07) is 8.07. The Hall–Kier alpha value is -2.83. The van der Waals surface area contributed by atoms with Gasteiger partial charge in [-0.1, -0.05) is 5.16 Å². The van der Waals surface area contributed by atoms with Crippen molar-refractivity contribution >= 4 is 17.8 Å². The van der Waals surface area contributed by atoms with Gasteiger partial charge in [0.25, 0.3) is 5.91 Å². The number of nitrogens with one attached hydrogen (secondary N) is 1. The molecule has 2 aromatic rings. The highest BCUT2D eigenvalue weighted by molar-refractivity contribution is 5.94. The second-order valence-electron chi connectivity index (χ2n) is 5.15. The minimum absolute atomic E-state index is 0.0521. The van der Waals surface area contributed by atoms with Crippen LogP contribution in [0.3, 0.4) is 0 Å². The molecule has 23 heavy (non-hydrogen) atoms. The van der Waals surface area contributed by atoms with Crippen LogP contribution < -0.4 is 10.1 Å². The van der Waals surface area contributed by atoms with Crippen LogP contribution >= 0.6 is 0 Å². The molecule has 0 unspecified atom stereocenters. The van der Waals surface area contributed by atoms with Gasteiger partial charge < -0.3 is 14.0 Å². The van der Waals surface area contributed by atoms with Gasteiger partial charge in [-0.2, -0.15) is 0 Å². The van der Waals surface area contributed by atoms with Crippen LogP contribution in [0.2, 0.25) is 0 Å². The number of nitrogens with zero attached hydrogens (tertiary/aromatic N) is 1. The highest BCUT2D eigenvalue weighted by Gasteiger charge is 2.12. The third-order valence-electron chi connectivity index (χ3n) is 2.69. The van der Waals surface area contributed by atoms with Crippen molar-refractivity contribution in [2.75, 3.05) is 11.9 Å². The van der Waals surface area contributed by atoms with Gasteiger partial charge in [0, 0.05) is 6.07 Å². The van der Waals surface area contributed by atoms with Gasteiger partial charge in [-0.25, -0.2) is 4.79 Å². The number of aryl methyl sites for hydroxylation is 1. The molecule has 0 aliphatic heterocycles. The van der Waals surface area contributed by atoms with Gasteiger partial charge in [0.15, 0.2) is 6.61 Å². The van der Waals surface area contributed by atoms with Gasteiger partial charge in [-0.05, 0) is 45.0 Å². The van der Waals surface area contributed by atoms with Crippen LogP contribution in [0, 0.1) is 6.92 Å². The van der Waals surface area contributed by atoms with Crippen LogP contribution in [0.1, 0.15) is 29.9 Å². The van der Waals surface area contributed by atoms with E-state index in [1.165, 1.54) is 0 Å². The molecule has 1 amide bonds. The predicted octanol–water partition coefficient (Wildman–Crippen LogP) is 2.57. The number of aromatic nitrogens is 1. The molecule has 1 aromatic heterocycles. The zero-order valence-electron chi connectivity index (χ0n) is 13.2. The minimum atomic E-state index is -0.593. The Morgan fingerprint density at radius 1 is 1.26 bits per heavy atom. The molecule has 2 rings (SSSR count). The first kappa shape index (κ1) is 16.5. The number of ether oxygens (including phenoxy) is 2. The maximum absolute atomic E-state index is 11.9. The van der Waals surface area contributed by atoms with E-state index in [0.717, 1.165) is 0 Å². The van der Waals surface area contributed by atoms with E-state index in [1.54, 1.807) is 37.3 Å². The molecule has 0 aliphatic rings. The van der Waals surface area contributed by atoms with E-state index in [4.69, 9.17) is 14.0 Å². The van der Waals surface area contributed by atoms with E-state index in [9.17, 15) is 9.59 Å². The zero-order chi connectivity index (χ0) is 16.8. The predicted molar refractivity (Wildman–Crippen MR) is 82.4 cm³/mol. The maximum Gasteiger partial charge on any atom is 0.338 e. The first-order valence-electron chi connectivity index (χ1n) is 7.11. The van der Waals surface area contributed by atoms with Crippen LogP contribution in [-0.4, -0.2) is 29.7 Å². The third-order valence-corrected chi connectivity index (χ3v) is 2.69. The summed E-state index contributed by atoms with van der Waals surface area (Å²) in [6.07, 6.45) is 0.0521. The zero-order valence-corrected chi connectivity index (χ0v) is 13.2. The largest absolute Gasteiger partial charge is 0.491 e. The molecule has 1 aromatic carbocycles. The van der Waals surface area contributed by atoms with Gasteiger partial charge in [-0.15, -0.1) is 0 Å². The summed E-state index contributed by atoms with van der Waals surface area (Å²) < 4.78 is 15.3. The van der Waals surface area contributed by atoms with Crippen LogP contribution in [0.4, 0.5) is 5.88 Å². The Kier molecular flexibility index (Phi) is 5.35. The van der Waals surface area contributed by atoms with Crippen molar-refractivity contribution < 1.29 is 23.6 Å². The highest BCUT2D eigenvalue weighted by Crippen LogP contribution is 2.14. The van der Waals surface area contributed by atoms with Crippen molar-refractivity contribution in [2.24, 2.45) is 0 Å². The number of amides is 1. The van der Waals surface area contributed by atoms with E-state index < -0.39 is 18.5 Å². The number of anilines is 1. The summed E-state index contributed by atoms with van der Waals surface area (Å²) in [7, 11) is 0. The Morgan fingerprint density at radius 2 is 1.96 bits per heavy atom. The number of esters is 1. The fourth-order valence-corrected chi connectivity index (χ4v) is 1.75. The van der Waals surface area contributed by atoms with Crippen molar-refractivity contribution in [1.29, 1.82) is 0 Å². The number of carbonyl (C=O) groups is 2. The van der Waals surface area contributed by atoms with Crippen molar-refractivity contribution in [2.45, 2.75) is 26.9 Å². The lowest BCUT2D eigenvalue weighted by atomic mass is 10.2. The SMILES string of the molecule is Cc1cc(NC(=O)COC(=O)c2ccc(OC(C)C)cc2)on1. The molecular weight excluding hydrogens is 300 g/mol. The molecule has 122 valence electrons. The van der Waals surface area contributed by atoms with Gasteiger partial charge in [0.1, 0.15) is 5.75 Å². The van der Waals surface area contributed by atoms with Crippen molar-refractivity contribution in [3.63, 3.8) is 0 Å². The van der Waals surface area contributed by atoms with Gasteiger partial charge in [-0.3, -0.25) is 10.1 Å². The first-order valence-corrected chi connectivity index (χ1v) is 7.11. The molecule has 7 heteroatoms. The summed E-state index contributed by atoms with van der Waals surface area (Å²) in [5.74, 6) is -0.229. The lowest BCUT2D eigenvalue weighted by molar-refractivity contribution is -0.119. The molecule has 0 saturated heterocycles. The number of carbonyl (C=O) groups excluding carboxylic acids is 2. The minimum Gasteiger partial charge on any atom is -0.491 e. The lowest BCUT2D eigenvalue weighted by Crippen LogP contribution is -2.20. The number of hydrogen-bond acceptors (Lipinski definition) is 6. The summed E-state index contributed by atoms with van der Waals surface area (Å²) >= 11 is 0. The topological polar surface area (TPSA) is 90.7 Å². The van der Waals surface area contributed by atoms with Crippen molar-refractivity contribution in [1.82, 2.24) is 5.16 Å². The fraction of sp³-hybridized carbons (Fsp3) is 0.312. The summed E-state index contributed by atoms with van der Waals surface area (Å²) in [4.78, 5) is 23.5. The van der Waals surface area contributed by atoms with Gasteiger partial charge in [0.2, 0.25) is 5.88 Å². The van der Waals surface area contributed by atoms with E-state index >= 15 is 0 Å². The lowest BCUT2D eigenvalue weighted by Gasteiger charge is -2.10. The molecule has 0 saturated carbocycles. The third kappa shape index (κ3) is 5.14. The molecule has 1 heterocycles. The van der Waals surface area contributed by atoms with Gasteiger partial charge >= 0.3 is 5.97 Å². The van der Waals surface area contributed by atoms with Crippen LogP contribution in [0.5, 0.6) is 5.75 Å². The Morgan fingerprint density at radius 3 is 2.52 bits per heavy atom. The second kappa shape index (κ2) is 7.44. The quantitative estimate of drug-likeness (QED) is 0.823. The first-order chi connectivity index (χ1) is 10.9. The van der Waals surface area contributed by atoms with E-state index in [2.05, 4.69) is 10.5 Å². The molecule has 0 aliphatic carbocycles. The number of benzene rings is 1.